The number of nitrogens with zero attached hydrogens (tertiary/aromatic N) is 2. The second kappa shape index (κ2) is 4.84. The van der Waals surface area contributed by atoms with Crippen LogP contribution in [-0.4, -0.2) is 38.4 Å². The molecule has 2 aromatic carbocycles. The van der Waals surface area contributed by atoms with Gasteiger partial charge in [0.1, 0.15) is 11.4 Å². The Kier molecular flexibility index (Phi) is 2.80. The minimum atomic E-state index is -0.973. The molecule has 3 N–H and O–H groups in total. The number of imidazole rings is 1. The molecule has 0 amide bonds. The molecule has 0 aliphatic carbocycles. The first-order valence-electron chi connectivity index (χ1n) is 6.91. The Bertz CT molecular complexity index is 1050. The largest absolute Gasteiger partial charge is 0.497 e. The molecule has 0 bridgehead atoms. The Balaban J connectivity index is 1.86. The van der Waals surface area contributed by atoms with Gasteiger partial charge in [-0.3, -0.25) is 5.10 Å². The molecule has 0 spiro atoms. The number of H-pyrrole nitrogens is 2. The topological polar surface area (TPSA) is 104 Å². The summed E-state index contributed by atoms with van der Waals surface area (Å²) in [4.78, 5) is 18.8. The van der Waals surface area contributed by atoms with Gasteiger partial charge in [0, 0.05) is 11.5 Å². The quantitative estimate of drug-likeness (QED) is 0.540. The zero-order valence-corrected chi connectivity index (χ0v) is 12.1. The highest BCUT2D eigenvalue weighted by atomic mass is 16.5. The van der Waals surface area contributed by atoms with E-state index in [1.165, 1.54) is 0 Å². The highest BCUT2D eigenvalue weighted by Crippen LogP contribution is 2.28. The lowest BCUT2D eigenvalue weighted by Gasteiger charge is -1.96. The van der Waals surface area contributed by atoms with Crippen LogP contribution in [0.4, 0.5) is 0 Å². The number of hydrogen-bond donors (Lipinski definition) is 3. The van der Waals surface area contributed by atoms with Crippen molar-refractivity contribution in [1.29, 1.82) is 0 Å². The number of hydrogen-bond acceptors (Lipinski definition) is 4. The third kappa shape index (κ3) is 2.10. The number of fused-ring (bicyclic) bond motifs is 2. The van der Waals surface area contributed by atoms with E-state index in [1.54, 1.807) is 25.3 Å². The number of aromatic carboxylic acids is 1. The number of carbonyl (C=O) groups is 1. The SMILES string of the molecule is COc1ccc2nc(-c3n[nH]c4cc(C(=O)O)ccc34)[nH]c2c1. The fourth-order valence-electron chi connectivity index (χ4n) is 2.56. The predicted molar refractivity (Wildman–Crippen MR) is 84.7 cm³/mol. The van der Waals surface area contributed by atoms with Gasteiger partial charge in [-0.15, -0.1) is 0 Å². The highest BCUT2D eigenvalue weighted by Gasteiger charge is 2.14. The molecule has 0 unspecified atom stereocenters. The van der Waals surface area contributed by atoms with Crippen molar-refractivity contribution >= 4 is 27.9 Å². The van der Waals surface area contributed by atoms with Crippen LogP contribution >= 0.6 is 0 Å². The number of ether oxygens (including phenoxy) is 1. The maximum atomic E-state index is 11.0. The second-order valence-electron chi connectivity index (χ2n) is 5.11. The first kappa shape index (κ1) is 13.3. The van der Waals surface area contributed by atoms with Crippen LogP contribution in [0.15, 0.2) is 36.4 Å². The highest BCUT2D eigenvalue weighted by molar-refractivity contribution is 5.98. The van der Waals surface area contributed by atoms with Gasteiger partial charge < -0.3 is 14.8 Å². The van der Waals surface area contributed by atoms with Gasteiger partial charge in [0.25, 0.3) is 0 Å². The van der Waals surface area contributed by atoms with Crippen LogP contribution in [0.1, 0.15) is 10.4 Å². The Morgan fingerprint density at radius 3 is 2.83 bits per heavy atom. The molecule has 0 atom stereocenters. The first-order valence-corrected chi connectivity index (χ1v) is 6.91. The number of carboxylic acids is 1. The van der Waals surface area contributed by atoms with Gasteiger partial charge >= 0.3 is 5.97 Å². The van der Waals surface area contributed by atoms with Gasteiger partial charge in [-0.2, -0.15) is 5.10 Å². The van der Waals surface area contributed by atoms with E-state index in [0.29, 0.717) is 17.0 Å². The van der Waals surface area contributed by atoms with E-state index in [-0.39, 0.29) is 5.56 Å². The van der Waals surface area contributed by atoms with Crippen molar-refractivity contribution in [3.8, 4) is 17.3 Å². The lowest BCUT2D eigenvalue weighted by atomic mass is 10.1. The summed E-state index contributed by atoms with van der Waals surface area (Å²) >= 11 is 0. The number of nitrogens with one attached hydrogen (secondary N) is 2. The third-order valence-corrected chi connectivity index (χ3v) is 3.72. The molecule has 0 aliphatic heterocycles. The molecule has 0 saturated heterocycles. The summed E-state index contributed by atoms with van der Waals surface area (Å²) in [6.45, 7) is 0. The van der Waals surface area contributed by atoms with Crippen molar-refractivity contribution in [2.24, 2.45) is 0 Å². The van der Waals surface area contributed by atoms with Crippen molar-refractivity contribution < 1.29 is 14.6 Å². The average Bonchev–Trinajstić information content (AvgIpc) is 3.16. The van der Waals surface area contributed by atoms with Gasteiger partial charge in [-0.05, 0) is 30.3 Å². The lowest BCUT2D eigenvalue weighted by Crippen LogP contribution is -1.94. The minimum absolute atomic E-state index is 0.210. The van der Waals surface area contributed by atoms with Crippen LogP contribution in [0.3, 0.4) is 0 Å². The summed E-state index contributed by atoms with van der Waals surface area (Å²) in [5.41, 5.74) is 3.16. The van der Waals surface area contributed by atoms with Crippen LogP contribution in [-0.2, 0) is 0 Å². The predicted octanol–water partition coefficient (Wildman–Crippen LogP) is 2.81. The minimum Gasteiger partial charge on any atom is -0.497 e. The van der Waals surface area contributed by atoms with E-state index in [1.807, 2.05) is 18.2 Å². The van der Waals surface area contributed by atoms with Gasteiger partial charge in [-0.25, -0.2) is 9.78 Å². The Hall–Kier alpha value is -3.35. The maximum Gasteiger partial charge on any atom is 0.335 e. The van der Waals surface area contributed by atoms with E-state index in [0.717, 1.165) is 22.2 Å². The molecular weight excluding hydrogens is 296 g/mol. The van der Waals surface area contributed by atoms with Crippen molar-refractivity contribution in [1.82, 2.24) is 20.2 Å². The zero-order chi connectivity index (χ0) is 16.0. The zero-order valence-electron chi connectivity index (χ0n) is 12.1. The van der Waals surface area contributed by atoms with Crippen molar-refractivity contribution in [2.75, 3.05) is 7.11 Å². The third-order valence-electron chi connectivity index (χ3n) is 3.72. The average molecular weight is 308 g/mol. The van der Waals surface area contributed by atoms with E-state index in [2.05, 4.69) is 20.2 Å². The fraction of sp³-hybridized carbons (Fsp3) is 0.0625. The lowest BCUT2D eigenvalue weighted by molar-refractivity contribution is 0.0697. The van der Waals surface area contributed by atoms with Crippen LogP contribution in [0, 0.1) is 0 Å². The Labute approximate surface area is 129 Å². The van der Waals surface area contributed by atoms with E-state index in [9.17, 15) is 4.79 Å². The van der Waals surface area contributed by atoms with Crippen LogP contribution in [0.25, 0.3) is 33.5 Å². The molecule has 2 heterocycles. The summed E-state index contributed by atoms with van der Waals surface area (Å²) < 4.78 is 5.20. The van der Waals surface area contributed by atoms with Gasteiger partial charge in [-0.1, -0.05) is 0 Å². The number of rotatable bonds is 3. The number of aromatic nitrogens is 4. The van der Waals surface area contributed by atoms with E-state index >= 15 is 0 Å². The summed E-state index contributed by atoms with van der Waals surface area (Å²) in [5, 5.41) is 17.0. The van der Waals surface area contributed by atoms with Crippen molar-refractivity contribution in [3.63, 3.8) is 0 Å². The summed E-state index contributed by atoms with van der Waals surface area (Å²) in [5.74, 6) is 0.382. The van der Waals surface area contributed by atoms with E-state index < -0.39 is 5.97 Å². The molecule has 114 valence electrons. The number of methoxy groups -OCH3 is 1. The molecular formula is C16H12N4O3. The molecule has 7 nitrogen and oxygen atoms in total. The summed E-state index contributed by atoms with van der Waals surface area (Å²) in [6.07, 6.45) is 0. The smallest absolute Gasteiger partial charge is 0.335 e. The molecule has 23 heavy (non-hydrogen) atoms. The number of aromatic amines is 2. The molecule has 0 saturated carbocycles. The first-order chi connectivity index (χ1) is 11.2. The molecule has 0 aliphatic rings. The normalized spacial score (nSPS) is 11.2. The summed E-state index contributed by atoms with van der Waals surface area (Å²) in [7, 11) is 1.61. The van der Waals surface area contributed by atoms with Gasteiger partial charge in [0.15, 0.2) is 5.82 Å². The molecule has 7 heteroatoms. The molecule has 4 rings (SSSR count). The molecule has 4 aromatic rings. The standard InChI is InChI=1S/C16H12N4O3/c1-23-9-3-5-11-13(7-9)18-15(17-11)14-10-4-2-8(16(21)22)6-12(10)19-20-14/h2-7H,1H3,(H,17,18)(H,19,20)(H,21,22). The summed E-state index contributed by atoms with van der Waals surface area (Å²) in [6, 6.07) is 10.4. The van der Waals surface area contributed by atoms with Crippen LogP contribution in [0.5, 0.6) is 5.75 Å². The van der Waals surface area contributed by atoms with Gasteiger partial charge in [0.2, 0.25) is 0 Å². The van der Waals surface area contributed by atoms with Crippen LogP contribution < -0.4 is 4.74 Å². The van der Waals surface area contributed by atoms with Gasteiger partial charge in [0.05, 0.1) is 29.2 Å². The monoisotopic (exact) mass is 308 g/mol. The number of carboxylic acid groups (broad SMARTS) is 1. The van der Waals surface area contributed by atoms with Crippen LogP contribution in [0.2, 0.25) is 0 Å². The molecule has 2 aromatic heterocycles. The maximum absolute atomic E-state index is 11.0. The molecule has 0 radical (unpaired) electrons. The Morgan fingerprint density at radius 2 is 2.04 bits per heavy atom. The molecule has 0 fully saturated rings. The second-order valence-corrected chi connectivity index (χ2v) is 5.11. The van der Waals surface area contributed by atoms with Crippen molar-refractivity contribution in [3.05, 3.63) is 42.0 Å². The van der Waals surface area contributed by atoms with E-state index in [4.69, 9.17) is 9.84 Å². The van der Waals surface area contributed by atoms with Crippen molar-refractivity contribution in [2.45, 2.75) is 0 Å². The Morgan fingerprint density at radius 1 is 1.17 bits per heavy atom. The number of benzene rings is 2. The fourth-order valence-corrected chi connectivity index (χ4v) is 2.56.